The highest BCUT2D eigenvalue weighted by Gasteiger charge is 2.38. The third-order valence-corrected chi connectivity index (χ3v) is 5.23. The monoisotopic (exact) mass is 424 g/mol. The Labute approximate surface area is 176 Å². The van der Waals surface area contributed by atoms with Crippen molar-refractivity contribution in [1.82, 2.24) is 0 Å². The van der Waals surface area contributed by atoms with Gasteiger partial charge in [-0.05, 0) is 67.1 Å². The predicted molar refractivity (Wildman–Crippen MR) is 113 cm³/mol. The largest absolute Gasteiger partial charge is 0.322 e. The van der Waals surface area contributed by atoms with Crippen LogP contribution in [0.2, 0.25) is 10.0 Å². The summed E-state index contributed by atoms with van der Waals surface area (Å²) in [5.41, 5.74) is 2.59. The first-order valence-electron chi connectivity index (χ1n) is 8.71. The number of imide groups is 1. The lowest BCUT2D eigenvalue weighted by Crippen LogP contribution is -2.30. The van der Waals surface area contributed by atoms with Crippen molar-refractivity contribution in [3.8, 4) is 0 Å². The molecule has 3 aromatic rings. The molecule has 0 aromatic heterocycles. The van der Waals surface area contributed by atoms with Crippen molar-refractivity contribution in [2.45, 2.75) is 6.92 Å². The van der Waals surface area contributed by atoms with E-state index in [0.717, 1.165) is 4.90 Å². The molecule has 0 spiro atoms. The second-order valence-corrected chi connectivity index (χ2v) is 7.41. The number of anilines is 2. The fraction of sp³-hybridized carbons (Fsp3) is 0.0455. The summed E-state index contributed by atoms with van der Waals surface area (Å²) in [6, 6.07) is 16.3. The average molecular weight is 425 g/mol. The molecule has 1 N–H and O–H groups in total. The predicted octanol–water partition coefficient (Wildman–Crippen LogP) is 5.35. The van der Waals surface area contributed by atoms with Gasteiger partial charge >= 0.3 is 0 Å². The summed E-state index contributed by atoms with van der Waals surface area (Å²) >= 11 is 12.0. The molecule has 0 bridgehead atoms. The molecule has 1 heterocycles. The summed E-state index contributed by atoms with van der Waals surface area (Å²) in [6.45, 7) is 1.76. The van der Waals surface area contributed by atoms with E-state index in [1.54, 1.807) is 67.6 Å². The molecule has 0 fully saturated rings. The minimum atomic E-state index is -0.461. The molecule has 0 atom stereocenters. The fourth-order valence-electron chi connectivity index (χ4n) is 3.25. The zero-order chi connectivity index (χ0) is 20.7. The number of nitrogens with one attached hydrogen (secondary N) is 1. The highest BCUT2D eigenvalue weighted by Crippen LogP contribution is 2.34. The van der Waals surface area contributed by atoms with Crippen LogP contribution in [0, 0.1) is 6.92 Å². The number of hydrogen-bond acceptors (Lipinski definition) is 3. The lowest BCUT2D eigenvalue weighted by Gasteiger charge is -2.17. The minimum Gasteiger partial charge on any atom is -0.322 e. The van der Waals surface area contributed by atoms with Gasteiger partial charge in [0.1, 0.15) is 0 Å². The molecule has 5 nitrogen and oxygen atoms in total. The van der Waals surface area contributed by atoms with Crippen LogP contribution >= 0.6 is 23.2 Å². The molecule has 3 amide bonds. The van der Waals surface area contributed by atoms with Gasteiger partial charge in [0.25, 0.3) is 17.7 Å². The van der Waals surface area contributed by atoms with Crippen LogP contribution in [0.15, 0.2) is 60.7 Å². The van der Waals surface area contributed by atoms with E-state index in [4.69, 9.17) is 23.2 Å². The van der Waals surface area contributed by atoms with Gasteiger partial charge < -0.3 is 5.32 Å². The molecule has 0 radical (unpaired) electrons. The number of fused-ring (bicyclic) bond motifs is 1. The summed E-state index contributed by atoms with van der Waals surface area (Å²) in [5, 5.41) is 3.58. The lowest BCUT2D eigenvalue weighted by molar-refractivity contribution is 0.0924. The first kappa shape index (κ1) is 19.2. The molecular formula is C22H14Cl2N2O3. The Hall–Kier alpha value is -3.15. The van der Waals surface area contributed by atoms with E-state index in [1.165, 1.54) is 0 Å². The second-order valence-electron chi connectivity index (χ2n) is 6.57. The zero-order valence-corrected chi connectivity index (χ0v) is 16.7. The van der Waals surface area contributed by atoms with Gasteiger partial charge in [0, 0.05) is 16.3 Å². The molecule has 0 aliphatic carbocycles. The van der Waals surface area contributed by atoms with E-state index in [-0.39, 0.29) is 22.1 Å². The van der Waals surface area contributed by atoms with Gasteiger partial charge in [0.05, 0.1) is 21.8 Å². The summed E-state index contributed by atoms with van der Waals surface area (Å²) in [6.07, 6.45) is 0. The maximum absolute atomic E-state index is 12.8. The van der Waals surface area contributed by atoms with Crippen molar-refractivity contribution < 1.29 is 14.4 Å². The third kappa shape index (κ3) is 3.39. The summed E-state index contributed by atoms with van der Waals surface area (Å²) in [4.78, 5) is 39.0. The van der Waals surface area contributed by atoms with Crippen molar-refractivity contribution in [2.24, 2.45) is 0 Å². The quantitative estimate of drug-likeness (QED) is 0.575. The molecule has 4 rings (SSSR count). The molecule has 3 aromatic carbocycles. The minimum absolute atomic E-state index is 0.207. The molecule has 0 unspecified atom stereocenters. The van der Waals surface area contributed by atoms with Crippen molar-refractivity contribution >= 4 is 52.3 Å². The Morgan fingerprint density at radius 2 is 1.66 bits per heavy atom. The van der Waals surface area contributed by atoms with Gasteiger partial charge in [-0.25, -0.2) is 4.90 Å². The van der Waals surface area contributed by atoms with Gasteiger partial charge in [-0.1, -0.05) is 29.3 Å². The molecule has 144 valence electrons. The lowest BCUT2D eigenvalue weighted by atomic mass is 10.1. The summed E-state index contributed by atoms with van der Waals surface area (Å²) in [5.74, 6) is -1.17. The smallest absolute Gasteiger partial charge is 0.267 e. The Morgan fingerprint density at radius 1 is 0.931 bits per heavy atom. The zero-order valence-electron chi connectivity index (χ0n) is 15.2. The highest BCUT2D eigenvalue weighted by atomic mass is 35.5. The second kappa shape index (κ2) is 7.35. The van der Waals surface area contributed by atoms with Crippen LogP contribution < -0.4 is 10.2 Å². The van der Waals surface area contributed by atoms with E-state index in [0.29, 0.717) is 27.5 Å². The number of carbonyl (C=O) groups is 3. The van der Waals surface area contributed by atoms with Crippen molar-refractivity contribution in [3.05, 3.63) is 93.0 Å². The van der Waals surface area contributed by atoms with Gasteiger partial charge in [-0.3, -0.25) is 14.4 Å². The van der Waals surface area contributed by atoms with Crippen molar-refractivity contribution in [3.63, 3.8) is 0 Å². The standard InChI is InChI=1S/C22H14Cl2N2O3/c1-12-11-15(25-20(27)13-5-7-14(23)8-6-13)9-10-18(12)26-21(28)16-3-2-4-17(24)19(16)22(26)29/h2-11H,1H3,(H,25,27). The summed E-state index contributed by atoms with van der Waals surface area (Å²) < 4.78 is 0. The Kier molecular flexibility index (Phi) is 4.86. The first-order chi connectivity index (χ1) is 13.9. The van der Waals surface area contributed by atoms with Crippen molar-refractivity contribution in [2.75, 3.05) is 10.2 Å². The molecule has 0 saturated carbocycles. The Bertz CT molecular complexity index is 1170. The van der Waals surface area contributed by atoms with E-state index in [2.05, 4.69) is 5.32 Å². The first-order valence-corrected chi connectivity index (χ1v) is 9.47. The van der Waals surface area contributed by atoms with Gasteiger partial charge in [-0.2, -0.15) is 0 Å². The van der Waals surface area contributed by atoms with E-state index >= 15 is 0 Å². The van der Waals surface area contributed by atoms with Crippen LogP contribution in [0.25, 0.3) is 0 Å². The van der Waals surface area contributed by atoms with Crippen molar-refractivity contribution in [1.29, 1.82) is 0 Å². The SMILES string of the molecule is Cc1cc(NC(=O)c2ccc(Cl)cc2)ccc1N1C(=O)c2cccc(Cl)c2C1=O. The van der Waals surface area contributed by atoms with Crippen LogP contribution in [-0.4, -0.2) is 17.7 Å². The Morgan fingerprint density at radius 3 is 2.31 bits per heavy atom. The molecule has 0 saturated heterocycles. The number of hydrogen-bond donors (Lipinski definition) is 1. The number of carbonyl (C=O) groups excluding carboxylic acids is 3. The summed E-state index contributed by atoms with van der Waals surface area (Å²) in [7, 11) is 0. The number of halogens is 2. The highest BCUT2D eigenvalue weighted by molar-refractivity contribution is 6.42. The normalized spacial score (nSPS) is 12.9. The number of benzene rings is 3. The van der Waals surface area contributed by atoms with E-state index in [1.807, 2.05) is 0 Å². The van der Waals surface area contributed by atoms with Gasteiger partial charge in [0.15, 0.2) is 0 Å². The van der Waals surface area contributed by atoms with Gasteiger partial charge in [0.2, 0.25) is 0 Å². The molecule has 7 heteroatoms. The average Bonchev–Trinajstić information content (AvgIpc) is 2.94. The van der Waals surface area contributed by atoms with Crippen LogP contribution in [0.5, 0.6) is 0 Å². The maximum atomic E-state index is 12.8. The topological polar surface area (TPSA) is 66.5 Å². The maximum Gasteiger partial charge on any atom is 0.267 e. The van der Waals surface area contributed by atoms with Crippen LogP contribution in [0.4, 0.5) is 11.4 Å². The number of aryl methyl sites for hydroxylation is 1. The number of nitrogens with zero attached hydrogens (tertiary/aromatic N) is 1. The number of rotatable bonds is 3. The van der Waals surface area contributed by atoms with E-state index in [9.17, 15) is 14.4 Å². The third-order valence-electron chi connectivity index (χ3n) is 4.67. The molecule has 1 aliphatic heterocycles. The van der Waals surface area contributed by atoms with Crippen LogP contribution in [-0.2, 0) is 0 Å². The molecule has 29 heavy (non-hydrogen) atoms. The fourth-order valence-corrected chi connectivity index (χ4v) is 3.63. The van der Waals surface area contributed by atoms with Gasteiger partial charge in [-0.15, -0.1) is 0 Å². The Balaban J connectivity index is 1.61. The molecule has 1 aliphatic rings. The van der Waals surface area contributed by atoms with E-state index < -0.39 is 11.8 Å². The van der Waals surface area contributed by atoms with Crippen LogP contribution in [0.1, 0.15) is 36.6 Å². The van der Waals surface area contributed by atoms with Crippen LogP contribution in [0.3, 0.4) is 0 Å². The number of amides is 3. The molecular weight excluding hydrogens is 411 g/mol.